The fourth-order valence-corrected chi connectivity index (χ4v) is 1.29. The molecule has 0 radical (unpaired) electrons. The second-order valence-corrected chi connectivity index (χ2v) is 3.16. The van der Waals surface area contributed by atoms with Crippen LogP contribution in [0.25, 0.3) is 11.3 Å². The summed E-state index contributed by atoms with van der Waals surface area (Å²) in [5, 5.41) is 18.0. The zero-order valence-electron chi connectivity index (χ0n) is 8.48. The van der Waals surface area contributed by atoms with Gasteiger partial charge in [0.2, 0.25) is 0 Å². The molecule has 1 aromatic carbocycles. The molecule has 0 fully saturated rings. The smallest absolute Gasteiger partial charge is 0.182 e. The number of aromatic nitrogens is 2. The molecular weight excluding hydrogens is 226 g/mol. The number of anilines is 1. The zero-order chi connectivity index (χ0) is 12.3. The van der Waals surface area contributed by atoms with Crippen LogP contribution in [0.2, 0.25) is 0 Å². The van der Waals surface area contributed by atoms with E-state index in [1.807, 2.05) is 0 Å². The van der Waals surface area contributed by atoms with E-state index in [0.29, 0.717) is 0 Å². The third-order valence-electron chi connectivity index (χ3n) is 2.05. The summed E-state index contributed by atoms with van der Waals surface area (Å²) in [6.45, 7) is 0. The number of rotatable bonds is 2. The van der Waals surface area contributed by atoms with Crippen LogP contribution >= 0.6 is 0 Å². The van der Waals surface area contributed by atoms with Crippen LogP contribution in [0.3, 0.4) is 0 Å². The van der Waals surface area contributed by atoms with E-state index in [1.165, 1.54) is 12.1 Å². The lowest BCUT2D eigenvalue weighted by molar-refractivity contribution is 0.602. The SMILES string of the molecule is N#CNc1ccc(-c2cc(F)ccc2F)nn1. The molecule has 0 spiro atoms. The maximum Gasteiger partial charge on any atom is 0.182 e. The number of nitrogens with one attached hydrogen (secondary N) is 1. The van der Waals surface area contributed by atoms with Crippen molar-refractivity contribution in [2.45, 2.75) is 0 Å². The average Bonchev–Trinajstić information content (AvgIpc) is 2.34. The van der Waals surface area contributed by atoms with E-state index in [9.17, 15) is 8.78 Å². The van der Waals surface area contributed by atoms with Gasteiger partial charge in [0, 0.05) is 5.56 Å². The highest BCUT2D eigenvalue weighted by atomic mass is 19.1. The molecule has 1 aromatic heterocycles. The minimum absolute atomic E-state index is 0.0287. The largest absolute Gasteiger partial charge is 0.275 e. The van der Waals surface area contributed by atoms with Gasteiger partial charge in [-0.3, -0.25) is 5.32 Å². The van der Waals surface area contributed by atoms with E-state index in [1.54, 1.807) is 6.19 Å². The van der Waals surface area contributed by atoms with Gasteiger partial charge in [-0.2, -0.15) is 5.26 Å². The topological polar surface area (TPSA) is 61.6 Å². The van der Waals surface area contributed by atoms with Gasteiger partial charge in [0.25, 0.3) is 0 Å². The molecule has 0 aliphatic carbocycles. The number of hydrogen-bond donors (Lipinski definition) is 1. The van der Waals surface area contributed by atoms with Crippen molar-refractivity contribution < 1.29 is 8.78 Å². The molecule has 17 heavy (non-hydrogen) atoms. The van der Waals surface area contributed by atoms with Gasteiger partial charge >= 0.3 is 0 Å². The molecule has 1 N–H and O–H groups in total. The summed E-state index contributed by atoms with van der Waals surface area (Å²) in [5.74, 6) is -0.892. The molecule has 0 unspecified atom stereocenters. The molecule has 6 heteroatoms. The number of benzene rings is 1. The first-order chi connectivity index (χ1) is 8.20. The maximum absolute atomic E-state index is 13.4. The van der Waals surface area contributed by atoms with Crippen molar-refractivity contribution in [2.75, 3.05) is 5.32 Å². The van der Waals surface area contributed by atoms with E-state index in [-0.39, 0.29) is 17.1 Å². The predicted molar refractivity (Wildman–Crippen MR) is 56.6 cm³/mol. The second kappa shape index (κ2) is 4.53. The summed E-state index contributed by atoms with van der Waals surface area (Å²) in [6, 6.07) is 5.99. The molecule has 0 aliphatic heterocycles. The summed E-state index contributed by atoms with van der Waals surface area (Å²) in [6.07, 6.45) is 1.68. The van der Waals surface area contributed by atoms with Crippen LogP contribution in [-0.4, -0.2) is 10.2 Å². The van der Waals surface area contributed by atoms with Crippen molar-refractivity contribution in [3.05, 3.63) is 42.0 Å². The quantitative estimate of drug-likeness (QED) is 0.637. The summed E-state index contributed by atoms with van der Waals surface area (Å²) in [5.41, 5.74) is 0.228. The van der Waals surface area contributed by atoms with Crippen molar-refractivity contribution in [1.82, 2.24) is 10.2 Å². The Morgan fingerprint density at radius 3 is 2.59 bits per heavy atom. The maximum atomic E-state index is 13.4. The van der Waals surface area contributed by atoms with Gasteiger partial charge in [0.15, 0.2) is 12.0 Å². The van der Waals surface area contributed by atoms with Crippen LogP contribution in [0.1, 0.15) is 0 Å². The van der Waals surface area contributed by atoms with Crippen molar-refractivity contribution in [2.24, 2.45) is 0 Å². The van der Waals surface area contributed by atoms with Crippen LogP contribution in [0.5, 0.6) is 0 Å². The molecule has 0 saturated carbocycles. The summed E-state index contributed by atoms with van der Waals surface area (Å²) < 4.78 is 26.4. The van der Waals surface area contributed by atoms with Crippen molar-refractivity contribution in [3.8, 4) is 17.5 Å². The first kappa shape index (κ1) is 11.0. The number of hydrogen-bond acceptors (Lipinski definition) is 4. The standard InChI is InChI=1S/C11H6F2N4/c12-7-1-2-9(13)8(5-7)10-3-4-11(15-6-14)17-16-10/h1-5H,(H,15,17). The lowest BCUT2D eigenvalue weighted by atomic mass is 10.1. The second-order valence-electron chi connectivity index (χ2n) is 3.16. The molecule has 1 heterocycles. The molecule has 84 valence electrons. The molecule has 0 amide bonds. The van der Waals surface area contributed by atoms with Gasteiger partial charge in [-0.05, 0) is 30.3 Å². The molecule has 2 aromatic rings. The minimum Gasteiger partial charge on any atom is -0.275 e. The fourth-order valence-electron chi connectivity index (χ4n) is 1.29. The van der Waals surface area contributed by atoms with Crippen molar-refractivity contribution in [1.29, 1.82) is 5.26 Å². The van der Waals surface area contributed by atoms with E-state index < -0.39 is 11.6 Å². The van der Waals surface area contributed by atoms with E-state index in [2.05, 4.69) is 15.5 Å². The van der Waals surface area contributed by atoms with Crippen molar-refractivity contribution in [3.63, 3.8) is 0 Å². The van der Waals surface area contributed by atoms with Gasteiger partial charge in [-0.25, -0.2) is 8.78 Å². The normalized spacial score (nSPS) is 9.71. The zero-order valence-corrected chi connectivity index (χ0v) is 8.48. The number of halogens is 2. The first-order valence-electron chi connectivity index (χ1n) is 4.65. The third kappa shape index (κ3) is 2.34. The van der Waals surface area contributed by atoms with Crippen LogP contribution in [0, 0.1) is 23.1 Å². The Labute approximate surface area is 95.5 Å². The Balaban J connectivity index is 2.40. The number of nitriles is 1. The lowest BCUT2D eigenvalue weighted by Crippen LogP contribution is -1.96. The Kier molecular flexibility index (Phi) is 2.92. The third-order valence-corrected chi connectivity index (χ3v) is 2.05. The molecule has 0 bridgehead atoms. The summed E-state index contributed by atoms with van der Waals surface area (Å²) >= 11 is 0. The van der Waals surface area contributed by atoms with Gasteiger partial charge in [-0.1, -0.05) is 0 Å². The molecular formula is C11H6F2N4. The highest BCUT2D eigenvalue weighted by Crippen LogP contribution is 2.21. The lowest BCUT2D eigenvalue weighted by Gasteiger charge is -2.02. The van der Waals surface area contributed by atoms with Crippen molar-refractivity contribution >= 4 is 5.82 Å². The fraction of sp³-hybridized carbons (Fsp3) is 0. The molecule has 2 rings (SSSR count). The Morgan fingerprint density at radius 2 is 1.94 bits per heavy atom. The van der Waals surface area contributed by atoms with E-state index in [0.717, 1.165) is 18.2 Å². The molecule has 4 nitrogen and oxygen atoms in total. The predicted octanol–water partition coefficient (Wildman–Crippen LogP) is 2.31. The van der Waals surface area contributed by atoms with Gasteiger partial charge in [0.05, 0.1) is 5.69 Å². The van der Waals surface area contributed by atoms with Gasteiger partial charge in [0.1, 0.15) is 11.6 Å². The first-order valence-corrected chi connectivity index (χ1v) is 4.65. The monoisotopic (exact) mass is 232 g/mol. The van der Waals surface area contributed by atoms with Crippen LogP contribution < -0.4 is 5.32 Å². The summed E-state index contributed by atoms with van der Waals surface area (Å²) in [7, 11) is 0. The van der Waals surface area contributed by atoms with E-state index >= 15 is 0 Å². The van der Waals surface area contributed by atoms with E-state index in [4.69, 9.17) is 5.26 Å². The molecule has 0 saturated heterocycles. The van der Waals surface area contributed by atoms with Gasteiger partial charge in [-0.15, -0.1) is 10.2 Å². The van der Waals surface area contributed by atoms with Crippen LogP contribution in [0.15, 0.2) is 30.3 Å². The van der Waals surface area contributed by atoms with Crippen LogP contribution in [0.4, 0.5) is 14.6 Å². The average molecular weight is 232 g/mol. The highest BCUT2D eigenvalue weighted by Gasteiger charge is 2.08. The molecule has 0 atom stereocenters. The molecule has 0 aliphatic rings. The Bertz CT molecular complexity index is 575. The Morgan fingerprint density at radius 1 is 1.12 bits per heavy atom. The highest BCUT2D eigenvalue weighted by molar-refractivity contribution is 5.60. The minimum atomic E-state index is -0.582. The van der Waals surface area contributed by atoms with Crippen LogP contribution in [-0.2, 0) is 0 Å². The van der Waals surface area contributed by atoms with Gasteiger partial charge < -0.3 is 0 Å². The number of nitrogens with zero attached hydrogens (tertiary/aromatic N) is 3. The summed E-state index contributed by atoms with van der Waals surface area (Å²) in [4.78, 5) is 0. The Hall–Kier alpha value is -2.55.